The van der Waals surface area contributed by atoms with E-state index in [9.17, 15) is 0 Å². The first-order valence-electron chi connectivity index (χ1n) is 3.62. The minimum absolute atomic E-state index is 0. The summed E-state index contributed by atoms with van der Waals surface area (Å²) in [4.78, 5) is 0. The Morgan fingerprint density at radius 3 is 2.82 bits per heavy atom. The molecule has 2 N–H and O–H groups in total. The lowest BCUT2D eigenvalue weighted by atomic mass is 10.1. The molecule has 0 aliphatic carbocycles. The number of hydrogen-bond acceptors (Lipinski definition) is 2. The van der Waals surface area contributed by atoms with Crippen LogP contribution < -0.4 is 5.73 Å². The van der Waals surface area contributed by atoms with Gasteiger partial charge in [-0.2, -0.15) is 11.3 Å². The first-order valence-corrected chi connectivity index (χ1v) is 4.56. The van der Waals surface area contributed by atoms with Crippen LogP contribution in [0.3, 0.4) is 0 Å². The minimum atomic E-state index is 0. The molecule has 0 saturated heterocycles. The lowest BCUT2D eigenvalue weighted by Gasteiger charge is -2.06. The number of nitrogens with two attached hydrogens (primary N) is 1. The maximum Gasteiger partial charge on any atom is 0.0303 e. The maximum atomic E-state index is 5.86. The van der Waals surface area contributed by atoms with E-state index in [1.165, 1.54) is 5.56 Å². The third kappa shape index (κ3) is 3.23. The van der Waals surface area contributed by atoms with Gasteiger partial charge in [-0.1, -0.05) is 13.3 Å². The highest BCUT2D eigenvalue weighted by Gasteiger charge is 2.02. The van der Waals surface area contributed by atoms with Crippen LogP contribution in [0.5, 0.6) is 0 Å². The Kier molecular flexibility index (Phi) is 5.56. The molecule has 11 heavy (non-hydrogen) atoms. The molecule has 0 aromatic carbocycles. The summed E-state index contributed by atoms with van der Waals surface area (Å²) in [6.45, 7) is 2.16. The van der Waals surface area contributed by atoms with Gasteiger partial charge < -0.3 is 5.73 Å². The molecule has 0 aliphatic heterocycles. The van der Waals surface area contributed by atoms with Crippen molar-refractivity contribution in [2.24, 2.45) is 5.73 Å². The van der Waals surface area contributed by atoms with Crippen molar-refractivity contribution in [3.8, 4) is 0 Å². The molecule has 0 radical (unpaired) electrons. The Labute approximate surface area is 78.0 Å². The van der Waals surface area contributed by atoms with E-state index in [-0.39, 0.29) is 18.4 Å². The Morgan fingerprint density at radius 2 is 2.36 bits per heavy atom. The molecular formula is C8H14ClNS. The van der Waals surface area contributed by atoms with Gasteiger partial charge in [-0.25, -0.2) is 0 Å². The van der Waals surface area contributed by atoms with Crippen LogP contribution >= 0.6 is 23.7 Å². The summed E-state index contributed by atoms with van der Waals surface area (Å²) in [5, 5.41) is 4.20. The second-order valence-electron chi connectivity index (χ2n) is 2.45. The Morgan fingerprint density at radius 1 is 1.64 bits per heavy atom. The first-order chi connectivity index (χ1) is 4.84. The second-order valence-corrected chi connectivity index (χ2v) is 3.23. The van der Waals surface area contributed by atoms with Crippen molar-refractivity contribution in [2.45, 2.75) is 25.8 Å². The van der Waals surface area contributed by atoms with Gasteiger partial charge >= 0.3 is 0 Å². The van der Waals surface area contributed by atoms with Crippen molar-refractivity contribution in [1.82, 2.24) is 0 Å². The second kappa shape index (κ2) is 5.58. The summed E-state index contributed by atoms with van der Waals surface area (Å²) >= 11 is 1.71. The largest absolute Gasteiger partial charge is 0.324 e. The highest BCUT2D eigenvalue weighted by molar-refractivity contribution is 7.07. The molecule has 64 valence electrons. The molecule has 0 unspecified atom stereocenters. The fraction of sp³-hybridized carbons (Fsp3) is 0.500. The lowest BCUT2D eigenvalue weighted by molar-refractivity contribution is 0.640. The summed E-state index contributed by atoms with van der Waals surface area (Å²) in [6, 6.07) is 2.36. The Balaban J connectivity index is 0.000001000. The van der Waals surface area contributed by atoms with Crippen molar-refractivity contribution in [2.75, 3.05) is 0 Å². The van der Waals surface area contributed by atoms with Crippen LogP contribution in [0.2, 0.25) is 0 Å². The fourth-order valence-corrected chi connectivity index (χ4v) is 1.69. The molecule has 1 aromatic heterocycles. The van der Waals surface area contributed by atoms with Crippen LogP contribution in [-0.4, -0.2) is 0 Å². The molecule has 1 heterocycles. The van der Waals surface area contributed by atoms with Crippen molar-refractivity contribution >= 4 is 23.7 Å². The van der Waals surface area contributed by atoms with Gasteiger partial charge in [0.25, 0.3) is 0 Å². The fourth-order valence-electron chi connectivity index (χ4n) is 0.964. The van der Waals surface area contributed by atoms with Crippen molar-refractivity contribution in [1.29, 1.82) is 0 Å². The van der Waals surface area contributed by atoms with Gasteiger partial charge in [-0.05, 0) is 28.8 Å². The van der Waals surface area contributed by atoms with Gasteiger partial charge in [0.2, 0.25) is 0 Å². The molecule has 1 rings (SSSR count). The molecule has 0 bridgehead atoms. The van der Waals surface area contributed by atoms with Gasteiger partial charge in [0.15, 0.2) is 0 Å². The number of thiophene rings is 1. The van der Waals surface area contributed by atoms with E-state index in [0.717, 1.165) is 12.8 Å². The highest BCUT2D eigenvalue weighted by Crippen LogP contribution is 2.17. The third-order valence-corrected chi connectivity index (χ3v) is 2.27. The average Bonchev–Trinajstić information content (AvgIpc) is 2.38. The molecule has 0 spiro atoms. The Hall–Kier alpha value is -0.0500. The summed E-state index contributed by atoms with van der Waals surface area (Å²) in [5.74, 6) is 0. The summed E-state index contributed by atoms with van der Waals surface area (Å²) in [7, 11) is 0. The van der Waals surface area contributed by atoms with E-state index in [0.29, 0.717) is 0 Å². The minimum Gasteiger partial charge on any atom is -0.324 e. The summed E-state index contributed by atoms with van der Waals surface area (Å²) < 4.78 is 0. The van der Waals surface area contributed by atoms with Crippen molar-refractivity contribution in [3.63, 3.8) is 0 Å². The molecule has 0 amide bonds. The zero-order valence-electron chi connectivity index (χ0n) is 6.62. The van der Waals surface area contributed by atoms with Crippen LogP contribution in [-0.2, 0) is 0 Å². The molecule has 0 aliphatic rings. The zero-order valence-corrected chi connectivity index (χ0v) is 8.25. The van der Waals surface area contributed by atoms with Crippen LogP contribution in [0.4, 0.5) is 0 Å². The molecule has 0 fully saturated rings. The van der Waals surface area contributed by atoms with Gasteiger partial charge in [-0.15, -0.1) is 12.4 Å². The van der Waals surface area contributed by atoms with Gasteiger partial charge in [0.05, 0.1) is 0 Å². The quantitative estimate of drug-likeness (QED) is 0.781. The van der Waals surface area contributed by atoms with Crippen LogP contribution in [0.25, 0.3) is 0 Å². The Bertz CT molecular complexity index is 174. The van der Waals surface area contributed by atoms with E-state index < -0.39 is 0 Å². The molecule has 1 aromatic rings. The summed E-state index contributed by atoms with van der Waals surface area (Å²) in [6.07, 6.45) is 2.26. The molecular weight excluding hydrogens is 178 g/mol. The average molecular weight is 192 g/mol. The molecule has 1 atom stereocenters. The van der Waals surface area contributed by atoms with E-state index in [1.807, 2.05) is 0 Å². The van der Waals surface area contributed by atoms with E-state index in [4.69, 9.17) is 5.73 Å². The first kappa shape index (κ1) is 11.0. The van der Waals surface area contributed by atoms with Crippen LogP contribution in [0.1, 0.15) is 31.4 Å². The highest BCUT2D eigenvalue weighted by atomic mass is 35.5. The van der Waals surface area contributed by atoms with Crippen LogP contribution in [0.15, 0.2) is 16.8 Å². The number of rotatable bonds is 3. The predicted octanol–water partition coefficient (Wildman–Crippen LogP) is 2.97. The van der Waals surface area contributed by atoms with E-state index >= 15 is 0 Å². The van der Waals surface area contributed by atoms with E-state index in [2.05, 4.69) is 23.8 Å². The zero-order chi connectivity index (χ0) is 7.40. The van der Waals surface area contributed by atoms with Gasteiger partial charge in [0.1, 0.15) is 0 Å². The lowest BCUT2D eigenvalue weighted by Crippen LogP contribution is -2.07. The SMILES string of the molecule is CCC[C@H](N)c1ccsc1.Cl. The standard InChI is InChI=1S/C8H13NS.ClH/c1-2-3-8(9)7-4-5-10-6-7;/h4-6,8H,2-3,9H2,1H3;1H/t8-;/m0./s1. The van der Waals surface area contributed by atoms with Crippen molar-refractivity contribution < 1.29 is 0 Å². The molecule has 1 nitrogen and oxygen atoms in total. The van der Waals surface area contributed by atoms with Crippen molar-refractivity contribution in [3.05, 3.63) is 22.4 Å². The third-order valence-electron chi connectivity index (χ3n) is 1.57. The molecule has 3 heteroatoms. The van der Waals surface area contributed by atoms with E-state index in [1.54, 1.807) is 11.3 Å². The monoisotopic (exact) mass is 191 g/mol. The normalized spacial score (nSPS) is 12.2. The summed E-state index contributed by atoms with van der Waals surface area (Å²) in [5.41, 5.74) is 7.14. The van der Waals surface area contributed by atoms with Gasteiger partial charge in [0, 0.05) is 6.04 Å². The number of hydrogen-bond donors (Lipinski definition) is 1. The maximum absolute atomic E-state index is 5.86. The molecule has 0 saturated carbocycles. The van der Waals surface area contributed by atoms with Gasteiger partial charge in [-0.3, -0.25) is 0 Å². The number of halogens is 1. The predicted molar refractivity (Wildman–Crippen MR) is 53.4 cm³/mol. The van der Waals surface area contributed by atoms with Crippen LogP contribution in [0, 0.1) is 0 Å². The topological polar surface area (TPSA) is 26.0 Å². The smallest absolute Gasteiger partial charge is 0.0303 e.